The normalized spacial score (nSPS) is 14.7. The van der Waals surface area contributed by atoms with E-state index in [0.717, 1.165) is 6.42 Å². The number of rotatable bonds is 6. The van der Waals surface area contributed by atoms with Gasteiger partial charge in [0.1, 0.15) is 0 Å². The second-order valence-corrected chi connectivity index (χ2v) is 9.51. The molecule has 0 spiro atoms. The average Bonchev–Trinajstić information content (AvgIpc) is 2.27. The fourth-order valence-electron chi connectivity index (χ4n) is 1.23. The topological polar surface area (TPSA) is 29.5 Å². The zero-order valence-electron chi connectivity index (χ0n) is 9.55. The first-order valence-electron chi connectivity index (χ1n) is 5.27. The summed E-state index contributed by atoms with van der Waals surface area (Å²) < 4.78 is 5.14. The van der Waals surface area contributed by atoms with E-state index in [1.54, 1.807) is 0 Å². The van der Waals surface area contributed by atoms with E-state index in [-0.39, 0.29) is 0 Å². The van der Waals surface area contributed by atoms with Crippen LogP contribution in [0.5, 0.6) is 0 Å². The zero-order valence-corrected chi connectivity index (χ0v) is 12.1. The van der Waals surface area contributed by atoms with Crippen molar-refractivity contribution in [3.8, 4) is 0 Å². The smallest absolute Gasteiger partial charge is 0.245 e. The van der Waals surface area contributed by atoms with E-state index in [1.165, 1.54) is 22.5 Å². The van der Waals surface area contributed by atoms with Crippen LogP contribution in [0, 0.1) is 0 Å². The van der Waals surface area contributed by atoms with Gasteiger partial charge < -0.3 is 9.42 Å². The fraction of sp³-hybridized carbons (Fsp3) is 0.455. The van der Waals surface area contributed by atoms with Crippen molar-refractivity contribution < 1.29 is 9.42 Å². The monoisotopic (exact) mass is 276 g/mol. The Bertz CT molecular complexity index is 365. The van der Waals surface area contributed by atoms with Gasteiger partial charge in [-0.2, -0.15) is 0 Å². The average molecular weight is 276 g/mol. The van der Waals surface area contributed by atoms with Gasteiger partial charge in [0.25, 0.3) is 0 Å². The lowest BCUT2D eigenvalue weighted by atomic mass is 10.1. The first-order valence-corrected chi connectivity index (χ1v) is 9.53. The lowest BCUT2D eigenvalue weighted by Gasteiger charge is -2.13. The Balaban J connectivity index is 2.51. The summed E-state index contributed by atoms with van der Waals surface area (Å²) in [5, 5.41) is 0. The third-order valence-corrected chi connectivity index (χ3v) is 6.44. The molecule has 0 saturated carbocycles. The highest BCUT2D eigenvalue weighted by Gasteiger charge is 2.13. The summed E-state index contributed by atoms with van der Waals surface area (Å²) in [5.74, 6) is 0.706. The van der Waals surface area contributed by atoms with Crippen molar-refractivity contribution in [2.24, 2.45) is 0 Å². The lowest BCUT2D eigenvalue weighted by Crippen LogP contribution is -1.87. The summed E-state index contributed by atoms with van der Waals surface area (Å²) >= 11 is 6.33. The van der Waals surface area contributed by atoms with Crippen molar-refractivity contribution in [3.05, 3.63) is 35.4 Å². The van der Waals surface area contributed by atoms with Gasteiger partial charge >= 0.3 is 0 Å². The second kappa shape index (κ2) is 6.77. The first kappa shape index (κ1) is 14.2. The van der Waals surface area contributed by atoms with Crippen LogP contribution in [0.1, 0.15) is 25.0 Å². The van der Waals surface area contributed by atoms with E-state index in [0.29, 0.717) is 12.4 Å². The van der Waals surface area contributed by atoms with Crippen molar-refractivity contribution in [1.82, 2.24) is 0 Å². The molecule has 0 aliphatic rings. The number of hydrogen-bond donors (Lipinski definition) is 1. The van der Waals surface area contributed by atoms with E-state index in [9.17, 15) is 4.89 Å². The van der Waals surface area contributed by atoms with Gasteiger partial charge in [0.05, 0.1) is 6.61 Å². The minimum absolute atomic E-state index is 0.468. The van der Waals surface area contributed by atoms with Crippen LogP contribution in [-0.2, 0) is 28.5 Å². The Morgan fingerprint density at radius 3 is 2.31 bits per heavy atom. The molecule has 0 heterocycles. The molecule has 0 bridgehead atoms. The summed E-state index contributed by atoms with van der Waals surface area (Å²) in [7, 11) is 0. The SMILES string of the molecule is CCOP(O)(=S)SCc1ccc(CC)cc1. The maximum absolute atomic E-state index is 9.74. The quantitative estimate of drug-likeness (QED) is 0.802. The third kappa shape index (κ3) is 4.98. The first-order chi connectivity index (χ1) is 7.57. The van der Waals surface area contributed by atoms with Crippen molar-refractivity contribution in [2.75, 3.05) is 6.61 Å². The van der Waals surface area contributed by atoms with Crippen LogP contribution in [0.15, 0.2) is 24.3 Å². The predicted octanol–water partition coefficient (Wildman–Crippen LogP) is 3.74. The second-order valence-electron chi connectivity index (χ2n) is 3.33. The van der Waals surface area contributed by atoms with E-state index in [2.05, 4.69) is 31.2 Å². The number of hydrogen-bond acceptors (Lipinski definition) is 3. The predicted molar refractivity (Wildman–Crippen MR) is 75.2 cm³/mol. The van der Waals surface area contributed by atoms with Gasteiger partial charge in [0.15, 0.2) is 0 Å². The highest BCUT2D eigenvalue weighted by Crippen LogP contribution is 2.57. The Morgan fingerprint density at radius 1 is 1.25 bits per heavy atom. The maximum atomic E-state index is 9.74. The molecule has 2 nitrogen and oxygen atoms in total. The Morgan fingerprint density at radius 2 is 1.81 bits per heavy atom. The lowest BCUT2D eigenvalue weighted by molar-refractivity contribution is 0.340. The van der Waals surface area contributed by atoms with E-state index in [1.807, 2.05) is 6.92 Å². The Kier molecular flexibility index (Phi) is 6.01. The van der Waals surface area contributed by atoms with Gasteiger partial charge in [-0.25, -0.2) is 0 Å². The molecule has 0 aliphatic carbocycles. The Hall–Kier alpha value is 0.140. The van der Waals surface area contributed by atoms with Crippen LogP contribution in [0.4, 0.5) is 0 Å². The van der Waals surface area contributed by atoms with Gasteiger partial charge in [-0.05, 0) is 36.3 Å². The van der Waals surface area contributed by atoms with Crippen LogP contribution in [0.3, 0.4) is 0 Å². The highest BCUT2D eigenvalue weighted by molar-refractivity contribution is 8.67. The van der Waals surface area contributed by atoms with Crippen LogP contribution in [0.2, 0.25) is 0 Å². The van der Waals surface area contributed by atoms with Crippen molar-refractivity contribution in [3.63, 3.8) is 0 Å². The molecular formula is C11H17O2PS2. The zero-order chi connectivity index (χ0) is 12.0. The standard InChI is InChI=1S/C11H17O2PS2/c1-3-10-5-7-11(8-6-10)9-16-14(12,15)13-4-2/h5-8H,3-4,9H2,1-2H3,(H,12,15). The molecule has 5 heteroatoms. The van der Waals surface area contributed by atoms with Crippen molar-refractivity contribution in [1.29, 1.82) is 0 Å². The fourth-order valence-corrected chi connectivity index (χ4v) is 4.40. The molecule has 1 N–H and O–H groups in total. The molecule has 1 aromatic rings. The number of aryl methyl sites for hydroxylation is 1. The molecule has 1 rings (SSSR count). The molecule has 0 saturated heterocycles. The molecule has 0 aliphatic heterocycles. The van der Waals surface area contributed by atoms with Gasteiger partial charge in [0.2, 0.25) is 5.69 Å². The summed E-state index contributed by atoms with van der Waals surface area (Å²) in [6.45, 7) is 4.44. The Labute approximate surface area is 106 Å². The third-order valence-electron chi connectivity index (χ3n) is 2.12. The molecule has 1 aromatic carbocycles. The molecule has 0 radical (unpaired) electrons. The van der Waals surface area contributed by atoms with Crippen molar-refractivity contribution in [2.45, 2.75) is 26.0 Å². The van der Waals surface area contributed by atoms with Gasteiger partial charge in [-0.15, -0.1) is 0 Å². The highest BCUT2D eigenvalue weighted by atomic mass is 32.9. The number of benzene rings is 1. The van der Waals surface area contributed by atoms with Gasteiger partial charge in [-0.1, -0.05) is 42.6 Å². The largest absolute Gasteiger partial charge is 0.337 e. The van der Waals surface area contributed by atoms with Crippen molar-refractivity contribution >= 4 is 28.9 Å². The summed E-state index contributed by atoms with van der Waals surface area (Å²) in [6.07, 6.45) is 1.05. The summed E-state index contributed by atoms with van der Waals surface area (Å²) in [6, 6.07) is 8.37. The van der Waals surface area contributed by atoms with E-state index in [4.69, 9.17) is 16.3 Å². The van der Waals surface area contributed by atoms with E-state index >= 15 is 0 Å². The van der Waals surface area contributed by atoms with Crippen LogP contribution in [-0.4, -0.2) is 11.5 Å². The van der Waals surface area contributed by atoms with Gasteiger partial charge in [-0.3, -0.25) is 0 Å². The minimum atomic E-state index is -2.63. The summed E-state index contributed by atoms with van der Waals surface area (Å²) in [5.41, 5.74) is -0.134. The molecule has 1 atom stereocenters. The van der Waals surface area contributed by atoms with E-state index < -0.39 is 5.69 Å². The molecular weight excluding hydrogens is 259 g/mol. The van der Waals surface area contributed by atoms with Gasteiger partial charge in [0, 0.05) is 5.75 Å². The van der Waals surface area contributed by atoms with Crippen LogP contribution in [0.25, 0.3) is 0 Å². The molecule has 0 fully saturated rings. The molecule has 0 aromatic heterocycles. The van der Waals surface area contributed by atoms with Crippen LogP contribution < -0.4 is 0 Å². The molecule has 1 unspecified atom stereocenters. The molecule has 0 amide bonds. The molecule has 16 heavy (non-hydrogen) atoms. The van der Waals surface area contributed by atoms with Crippen LogP contribution >= 0.6 is 17.1 Å². The minimum Gasteiger partial charge on any atom is -0.337 e. The summed E-state index contributed by atoms with van der Waals surface area (Å²) in [4.78, 5) is 9.74. The maximum Gasteiger partial charge on any atom is 0.245 e. The molecule has 90 valence electrons.